The van der Waals surface area contributed by atoms with Gasteiger partial charge in [-0.3, -0.25) is 0 Å². The fourth-order valence-corrected chi connectivity index (χ4v) is 1.21. The monoisotopic (exact) mass is 194 g/mol. The van der Waals surface area contributed by atoms with Crippen LogP contribution in [0.4, 0.5) is 0 Å². The van der Waals surface area contributed by atoms with Crippen molar-refractivity contribution in [2.24, 2.45) is 0 Å². The van der Waals surface area contributed by atoms with Crippen LogP contribution in [0.2, 0.25) is 0 Å². The zero-order chi connectivity index (χ0) is 10.8. The standard InChI is InChI=1S/C13H22O/c1-5-9-11-13(8-4)14-12(7-3)10-6-2/h5,8-9,11-12H,4,6-7,10H2,1-3H3/b9-5-,13-11+. The molecule has 0 aromatic rings. The molecular formula is C13H22O. The summed E-state index contributed by atoms with van der Waals surface area (Å²) < 4.78 is 5.78. The first-order valence-corrected chi connectivity index (χ1v) is 5.40. The normalized spacial score (nSPS) is 14.4. The molecule has 0 aliphatic heterocycles. The Kier molecular flexibility index (Phi) is 8.01. The molecule has 0 heterocycles. The van der Waals surface area contributed by atoms with Crippen LogP contribution in [0.3, 0.4) is 0 Å². The topological polar surface area (TPSA) is 9.23 Å². The van der Waals surface area contributed by atoms with E-state index in [0.29, 0.717) is 6.10 Å². The van der Waals surface area contributed by atoms with Crippen LogP contribution < -0.4 is 0 Å². The third-order valence-corrected chi connectivity index (χ3v) is 2.02. The highest BCUT2D eigenvalue weighted by atomic mass is 16.5. The van der Waals surface area contributed by atoms with Crippen molar-refractivity contribution in [2.45, 2.75) is 46.1 Å². The Bertz CT molecular complexity index is 201. The van der Waals surface area contributed by atoms with Crippen LogP contribution in [0.5, 0.6) is 0 Å². The van der Waals surface area contributed by atoms with Crippen LogP contribution in [-0.4, -0.2) is 6.10 Å². The molecule has 0 amide bonds. The number of allylic oxidation sites excluding steroid dienone is 4. The molecule has 0 rings (SSSR count). The summed E-state index contributed by atoms with van der Waals surface area (Å²) in [4.78, 5) is 0. The molecule has 0 fully saturated rings. The quantitative estimate of drug-likeness (QED) is 0.435. The van der Waals surface area contributed by atoms with E-state index in [1.54, 1.807) is 6.08 Å². The molecule has 0 N–H and O–H groups in total. The maximum atomic E-state index is 5.78. The minimum absolute atomic E-state index is 0.328. The number of hydrogen-bond acceptors (Lipinski definition) is 1. The van der Waals surface area contributed by atoms with Crippen LogP contribution in [0.1, 0.15) is 40.0 Å². The first-order valence-electron chi connectivity index (χ1n) is 5.40. The third kappa shape index (κ3) is 5.63. The average molecular weight is 194 g/mol. The van der Waals surface area contributed by atoms with E-state index >= 15 is 0 Å². The summed E-state index contributed by atoms with van der Waals surface area (Å²) in [6.45, 7) is 10.0. The molecule has 1 heteroatoms. The maximum absolute atomic E-state index is 5.78. The van der Waals surface area contributed by atoms with E-state index in [1.165, 1.54) is 0 Å². The molecule has 0 aromatic heterocycles. The molecule has 0 saturated heterocycles. The molecule has 0 radical (unpaired) electrons. The molecule has 1 unspecified atom stereocenters. The molecular weight excluding hydrogens is 172 g/mol. The van der Waals surface area contributed by atoms with Gasteiger partial charge in [0.2, 0.25) is 0 Å². The van der Waals surface area contributed by atoms with E-state index in [9.17, 15) is 0 Å². The second-order valence-corrected chi connectivity index (χ2v) is 3.24. The lowest BCUT2D eigenvalue weighted by Crippen LogP contribution is -2.10. The van der Waals surface area contributed by atoms with Gasteiger partial charge in [-0.1, -0.05) is 39.0 Å². The van der Waals surface area contributed by atoms with E-state index < -0.39 is 0 Å². The van der Waals surface area contributed by atoms with Gasteiger partial charge in [-0.25, -0.2) is 0 Å². The average Bonchev–Trinajstić information content (AvgIpc) is 2.22. The highest BCUT2D eigenvalue weighted by Crippen LogP contribution is 2.12. The Morgan fingerprint density at radius 1 is 1.43 bits per heavy atom. The minimum atomic E-state index is 0.328. The molecule has 0 aromatic carbocycles. The summed E-state index contributed by atoms with van der Waals surface area (Å²) in [7, 11) is 0. The Morgan fingerprint density at radius 2 is 2.14 bits per heavy atom. The van der Waals surface area contributed by atoms with Gasteiger partial charge in [0.25, 0.3) is 0 Å². The van der Waals surface area contributed by atoms with Crippen LogP contribution in [0, 0.1) is 0 Å². The summed E-state index contributed by atoms with van der Waals surface area (Å²) in [5.74, 6) is 0.864. The van der Waals surface area contributed by atoms with Crippen LogP contribution in [0.15, 0.2) is 36.6 Å². The Hall–Kier alpha value is -0.980. The van der Waals surface area contributed by atoms with E-state index in [1.807, 2.05) is 25.2 Å². The summed E-state index contributed by atoms with van der Waals surface area (Å²) >= 11 is 0. The molecule has 1 atom stereocenters. The van der Waals surface area contributed by atoms with Gasteiger partial charge in [0.15, 0.2) is 0 Å². The predicted octanol–water partition coefficient (Wildman–Crippen LogP) is 4.23. The van der Waals surface area contributed by atoms with E-state index in [0.717, 1.165) is 25.0 Å². The van der Waals surface area contributed by atoms with Gasteiger partial charge >= 0.3 is 0 Å². The fraction of sp³-hybridized carbons (Fsp3) is 0.538. The smallest absolute Gasteiger partial charge is 0.119 e. The highest BCUT2D eigenvalue weighted by Gasteiger charge is 2.05. The van der Waals surface area contributed by atoms with Gasteiger partial charge in [-0.05, 0) is 31.9 Å². The van der Waals surface area contributed by atoms with Gasteiger partial charge in [-0.2, -0.15) is 0 Å². The van der Waals surface area contributed by atoms with Gasteiger partial charge in [0.1, 0.15) is 5.76 Å². The highest BCUT2D eigenvalue weighted by molar-refractivity contribution is 5.16. The largest absolute Gasteiger partial charge is 0.490 e. The van der Waals surface area contributed by atoms with Crippen molar-refractivity contribution in [3.8, 4) is 0 Å². The second-order valence-electron chi connectivity index (χ2n) is 3.24. The van der Waals surface area contributed by atoms with Crippen LogP contribution in [0.25, 0.3) is 0 Å². The molecule has 0 saturated carbocycles. The molecule has 14 heavy (non-hydrogen) atoms. The lowest BCUT2D eigenvalue weighted by Gasteiger charge is -2.17. The van der Waals surface area contributed by atoms with Gasteiger partial charge in [-0.15, -0.1) is 0 Å². The fourth-order valence-electron chi connectivity index (χ4n) is 1.21. The number of ether oxygens (including phenoxy) is 1. The summed E-state index contributed by atoms with van der Waals surface area (Å²) in [5.41, 5.74) is 0. The van der Waals surface area contributed by atoms with Crippen molar-refractivity contribution < 1.29 is 4.74 Å². The van der Waals surface area contributed by atoms with Gasteiger partial charge in [0, 0.05) is 0 Å². The van der Waals surface area contributed by atoms with E-state index in [-0.39, 0.29) is 0 Å². The zero-order valence-electron chi connectivity index (χ0n) is 9.62. The maximum Gasteiger partial charge on any atom is 0.119 e. The predicted molar refractivity (Wildman–Crippen MR) is 63.2 cm³/mol. The van der Waals surface area contributed by atoms with Crippen molar-refractivity contribution in [1.82, 2.24) is 0 Å². The minimum Gasteiger partial charge on any atom is -0.490 e. The number of rotatable bonds is 7. The first-order chi connectivity index (χ1) is 6.78. The molecule has 0 spiro atoms. The molecule has 0 bridgehead atoms. The van der Waals surface area contributed by atoms with Crippen molar-refractivity contribution >= 4 is 0 Å². The van der Waals surface area contributed by atoms with Crippen molar-refractivity contribution in [2.75, 3.05) is 0 Å². The van der Waals surface area contributed by atoms with Crippen molar-refractivity contribution in [1.29, 1.82) is 0 Å². The summed E-state index contributed by atoms with van der Waals surface area (Å²) in [5, 5.41) is 0. The first kappa shape index (κ1) is 13.0. The zero-order valence-corrected chi connectivity index (χ0v) is 9.62. The third-order valence-electron chi connectivity index (χ3n) is 2.02. The molecule has 0 aliphatic carbocycles. The Balaban J connectivity index is 4.20. The van der Waals surface area contributed by atoms with E-state index in [4.69, 9.17) is 4.74 Å². The van der Waals surface area contributed by atoms with E-state index in [2.05, 4.69) is 20.4 Å². The SMILES string of the molecule is C=C/C(=C\C=C/C)OC(CC)CCC. The Labute approximate surface area is 88.2 Å². The Morgan fingerprint density at radius 3 is 2.57 bits per heavy atom. The lowest BCUT2D eigenvalue weighted by molar-refractivity contribution is 0.113. The lowest BCUT2D eigenvalue weighted by atomic mass is 10.1. The van der Waals surface area contributed by atoms with Gasteiger partial charge < -0.3 is 4.74 Å². The van der Waals surface area contributed by atoms with Crippen molar-refractivity contribution in [3.05, 3.63) is 36.6 Å². The summed E-state index contributed by atoms with van der Waals surface area (Å²) in [6.07, 6.45) is 11.3. The van der Waals surface area contributed by atoms with Crippen molar-refractivity contribution in [3.63, 3.8) is 0 Å². The molecule has 0 aliphatic rings. The summed E-state index contributed by atoms with van der Waals surface area (Å²) in [6, 6.07) is 0. The van der Waals surface area contributed by atoms with Gasteiger partial charge in [0.05, 0.1) is 6.10 Å². The second kappa shape index (κ2) is 8.61. The van der Waals surface area contributed by atoms with Crippen LogP contribution >= 0.6 is 0 Å². The molecule has 1 nitrogen and oxygen atoms in total. The van der Waals surface area contributed by atoms with Crippen LogP contribution in [-0.2, 0) is 4.74 Å². The number of hydrogen-bond donors (Lipinski definition) is 0. The molecule has 80 valence electrons.